The van der Waals surface area contributed by atoms with Gasteiger partial charge in [-0.25, -0.2) is 9.78 Å². The van der Waals surface area contributed by atoms with Crippen LogP contribution in [0.2, 0.25) is 5.02 Å². The monoisotopic (exact) mass is 611 g/mol. The van der Waals surface area contributed by atoms with Gasteiger partial charge in [0.2, 0.25) is 0 Å². The fraction of sp³-hybridized carbons (Fsp3) is 0.229. The van der Waals surface area contributed by atoms with Crippen molar-refractivity contribution in [3.05, 3.63) is 124 Å². The van der Waals surface area contributed by atoms with Crippen LogP contribution in [0.25, 0.3) is 22.2 Å². The SMILES string of the molecule is CCCc1nc2c(C)cc(C(=O)N[C@@H](CS)Cc3ccccc3)cc2n1Cc1ccc(-c2ccc(Cl)cc2C(=O)O)cc1. The lowest BCUT2D eigenvalue weighted by Gasteiger charge is -2.17. The highest BCUT2D eigenvalue weighted by molar-refractivity contribution is 7.80. The van der Waals surface area contributed by atoms with Crippen LogP contribution in [0.5, 0.6) is 0 Å². The molecular formula is C35H34ClN3O3S. The molecule has 220 valence electrons. The first-order valence-electron chi connectivity index (χ1n) is 14.3. The fourth-order valence-corrected chi connectivity index (χ4v) is 5.80. The van der Waals surface area contributed by atoms with Gasteiger partial charge in [0.05, 0.1) is 16.6 Å². The molecule has 8 heteroatoms. The van der Waals surface area contributed by atoms with E-state index in [0.29, 0.717) is 34.9 Å². The number of imidazole rings is 1. The summed E-state index contributed by atoms with van der Waals surface area (Å²) in [6.45, 7) is 4.68. The molecule has 1 atom stereocenters. The van der Waals surface area contributed by atoms with Crippen molar-refractivity contribution in [2.24, 2.45) is 0 Å². The molecule has 0 aliphatic carbocycles. The maximum Gasteiger partial charge on any atom is 0.336 e. The van der Waals surface area contributed by atoms with Gasteiger partial charge in [0.25, 0.3) is 5.91 Å². The molecule has 5 rings (SSSR count). The zero-order valence-corrected chi connectivity index (χ0v) is 25.8. The smallest absolute Gasteiger partial charge is 0.336 e. The summed E-state index contributed by atoms with van der Waals surface area (Å²) in [5.74, 6) is 0.337. The molecule has 4 aromatic carbocycles. The summed E-state index contributed by atoms with van der Waals surface area (Å²) in [5, 5.41) is 13.2. The number of benzene rings is 4. The van der Waals surface area contributed by atoms with E-state index >= 15 is 0 Å². The molecule has 1 aromatic heterocycles. The number of thiol groups is 1. The summed E-state index contributed by atoms with van der Waals surface area (Å²) >= 11 is 10.5. The van der Waals surface area contributed by atoms with Crippen LogP contribution in [0, 0.1) is 6.92 Å². The van der Waals surface area contributed by atoms with Crippen molar-refractivity contribution >= 4 is 47.1 Å². The lowest BCUT2D eigenvalue weighted by atomic mass is 9.98. The molecule has 0 bridgehead atoms. The number of hydrogen-bond acceptors (Lipinski definition) is 4. The second kappa shape index (κ2) is 13.5. The minimum Gasteiger partial charge on any atom is -0.478 e. The van der Waals surface area contributed by atoms with E-state index < -0.39 is 5.97 Å². The number of fused-ring (bicyclic) bond motifs is 1. The first-order valence-corrected chi connectivity index (χ1v) is 15.4. The molecule has 1 amide bonds. The Morgan fingerprint density at radius 1 is 1.00 bits per heavy atom. The van der Waals surface area contributed by atoms with Crippen molar-refractivity contribution in [3.63, 3.8) is 0 Å². The Morgan fingerprint density at radius 2 is 1.74 bits per heavy atom. The molecule has 6 nitrogen and oxygen atoms in total. The van der Waals surface area contributed by atoms with Crippen LogP contribution < -0.4 is 5.32 Å². The highest BCUT2D eigenvalue weighted by atomic mass is 35.5. The number of aromatic carboxylic acids is 1. The minimum absolute atomic E-state index is 0.101. The Morgan fingerprint density at radius 3 is 2.42 bits per heavy atom. The number of nitrogens with one attached hydrogen (secondary N) is 1. The van der Waals surface area contributed by atoms with Crippen LogP contribution in [0.3, 0.4) is 0 Å². The average molecular weight is 612 g/mol. The van der Waals surface area contributed by atoms with Gasteiger partial charge in [-0.05, 0) is 71.8 Å². The average Bonchev–Trinajstić information content (AvgIpc) is 3.35. The number of carboxylic acids is 1. The number of aryl methyl sites for hydroxylation is 2. The molecule has 0 fully saturated rings. The Hall–Kier alpha value is -4.07. The number of carbonyl (C=O) groups excluding carboxylic acids is 1. The summed E-state index contributed by atoms with van der Waals surface area (Å²) in [6.07, 6.45) is 2.45. The number of halogens is 1. The highest BCUT2D eigenvalue weighted by Gasteiger charge is 2.19. The number of nitrogens with zero attached hydrogens (tertiary/aromatic N) is 2. The number of amides is 1. The molecule has 0 aliphatic rings. The van der Waals surface area contributed by atoms with E-state index in [1.54, 1.807) is 12.1 Å². The number of aromatic nitrogens is 2. The third-order valence-corrected chi connectivity index (χ3v) is 8.23. The van der Waals surface area contributed by atoms with Crippen LogP contribution in [-0.4, -0.2) is 38.3 Å². The van der Waals surface area contributed by atoms with E-state index in [-0.39, 0.29) is 17.5 Å². The number of hydrogen-bond donors (Lipinski definition) is 3. The van der Waals surface area contributed by atoms with Gasteiger partial charge in [-0.1, -0.05) is 79.2 Å². The molecule has 5 aromatic rings. The third-order valence-electron chi connectivity index (χ3n) is 7.56. The van der Waals surface area contributed by atoms with E-state index in [4.69, 9.17) is 16.6 Å². The van der Waals surface area contributed by atoms with Gasteiger partial charge in [0, 0.05) is 35.3 Å². The zero-order valence-electron chi connectivity index (χ0n) is 24.2. The Labute approximate surface area is 262 Å². The molecule has 2 N–H and O–H groups in total. The van der Waals surface area contributed by atoms with Crippen molar-refractivity contribution in [2.75, 3.05) is 5.75 Å². The lowest BCUT2D eigenvalue weighted by molar-refractivity contribution is 0.0697. The Bertz CT molecular complexity index is 1770. The maximum atomic E-state index is 13.4. The summed E-state index contributed by atoms with van der Waals surface area (Å²) in [6, 6.07) is 26.6. The van der Waals surface area contributed by atoms with Gasteiger partial charge in [-0.3, -0.25) is 4.79 Å². The summed E-state index contributed by atoms with van der Waals surface area (Å²) < 4.78 is 2.18. The second-order valence-electron chi connectivity index (χ2n) is 10.8. The molecule has 1 heterocycles. The van der Waals surface area contributed by atoms with Crippen LogP contribution in [0.15, 0.2) is 84.9 Å². The van der Waals surface area contributed by atoms with Gasteiger partial charge in [0.15, 0.2) is 0 Å². The van der Waals surface area contributed by atoms with Gasteiger partial charge >= 0.3 is 5.97 Å². The molecule has 0 aliphatic heterocycles. The molecule has 0 spiro atoms. The molecule has 43 heavy (non-hydrogen) atoms. The minimum atomic E-state index is -1.02. The lowest BCUT2D eigenvalue weighted by Crippen LogP contribution is -2.37. The van der Waals surface area contributed by atoms with Crippen LogP contribution >= 0.6 is 24.2 Å². The van der Waals surface area contributed by atoms with Crippen molar-refractivity contribution in [1.29, 1.82) is 0 Å². The topological polar surface area (TPSA) is 84.2 Å². The standard InChI is InChI=1S/C35H34ClN3O3S/c1-3-7-32-38-33-22(2)16-26(34(40)37-28(21-43)17-23-8-5-4-6-9-23)18-31(33)39(32)20-24-10-12-25(13-11-24)29-15-14-27(36)19-30(29)35(41)42/h4-6,8-16,18-19,28,43H,3,7,17,20-21H2,1-2H3,(H,37,40)(H,41,42)/t28-/m1/s1. The number of carboxylic acid groups (broad SMARTS) is 1. The van der Waals surface area contributed by atoms with Crippen molar-refractivity contribution < 1.29 is 14.7 Å². The zero-order chi connectivity index (χ0) is 30.5. The van der Waals surface area contributed by atoms with E-state index in [2.05, 4.69) is 41.6 Å². The molecule has 0 radical (unpaired) electrons. The predicted molar refractivity (Wildman–Crippen MR) is 177 cm³/mol. The maximum absolute atomic E-state index is 13.4. The highest BCUT2D eigenvalue weighted by Crippen LogP contribution is 2.29. The largest absolute Gasteiger partial charge is 0.478 e. The summed E-state index contributed by atoms with van der Waals surface area (Å²) in [5.41, 5.74) is 7.10. The Balaban J connectivity index is 1.44. The normalized spacial score (nSPS) is 11.9. The van der Waals surface area contributed by atoms with Crippen molar-refractivity contribution in [1.82, 2.24) is 14.9 Å². The van der Waals surface area contributed by atoms with Crippen LogP contribution in [-0.2, 0) is 19.4 Å². The molecule has 0 unspecified atom stereocenters. The van der Waals surface area contributed by atoms with E-state index in [9.17, 15) is 14.7 Å². The predicted octanol–water partition coefficient (Wildman–Crippen LogP) is 7.64. The number of carbonyl (C=O) groups is 2. The van der Waals surface area contributed by atoms with E-state index in [0.717, 1.165) is 52.0 Å². The van der Waals surface area contributed by atoms with Gasteiger partial charge in [-0.15, -0.1) is 0 Å². The van der Waals surface area contributed by atoms with Gasteiger partial charge < -0.3 is 15.0 Å². The number of rotatable bonds is 11. The quantitative estimate of drug-likeness (QED) is 0.134. The summed E-state index contributed by atoms with van der Waals surface area (Å²) in [4.78, 5) is 30.2. The van der Waals surface area contributed by atoms with E-state index in [1.165, 1.54) is 6.07 Å². The Kier molecular flexibility index (Phi) is 9.53. The van der Waals surface area contributed by atoms with Crippen LogP contribution in [0.4, 0.5) is 0 Å². The van der Waals surface area contributed by atoms with Crippen LogP contribution in [0.1, 0.15) is 56.6 Å². The first-order chi connectivity index (χ1) is 20.8. The van der Waals surface area contributed by atoms with Gasteiger partial charge in [-0.2, -0.15) is 12.6 Å². The molecule has 0 saturated heterocycles. The van der Waals surface area contributed by atoms with Crippen molar-refractivity contribution in [3.8, 4) is 11.1 Å². The molecule has 0 saturated carbocycles. The third kappa shape index (κ3) is 6.95. The second-order valence-corrected chi connectivity index (χ2v) is 11.6. The summed E-state index contributed by atoms with van der Waals surface area (Å²) in [7, 11) is 0. The fourth-order valence-electron chi connectivity index (χ4n) is 5.41. The first kappa shape index (κ1) is 30.4. The van der Waals surface area contributed by atoms with Crippen molar-refractivity contribution in [2.45, 2.75) is 45.7 Å². The van der Waals surface area contributed by atoms with E-state index in [1.807, 2.05) is 61.5 Å². The van der Waals surface area contributed by atoms with Gasteiger partial charge in [0.1, 0.15) is 5.82 Å². The molecular weight excluding hydrogens is 578 g/mol.